The van der Waals surface area contributed by atoms with E-state index < -0.39 is 11.6 Å². The van der Waals surface area contributed by atoms with Gasteiger partial charge < -0.3 is 9.64 Å². The van der Waals surface area contributed by atoms with E-state index >= 15 is 0 Å². The smallest absolute Gasteiger partial charge is 0.310 e. The first-order chi connectivity index (χ1) is 10.1. The molecular weight excluding hydrogens is 278 g/mol. The van der Waals surface area contributed by atoms with Crippen molar-refractivity contribution < 1.29 is 18.3 Å². The van der Waals surface area contributed by atoms with E-state index in [4.69, 9.17) is 10.00 Å². The summed E-state index contributed by atoms with van der Waals surface area (Å²) in [6.07, 6.45) is 1.30. The normalized spacial score (nSPS) is 18.2. The van der Waals surface area contributed by atoms with Crippen molar-refractivity contribution in [3.8, 4) is 6.07 Å². The summed E-state index contributed by atoms with van der Waals surface area (Å²) in [6, 6.07) is 3.72. The van der Waals surface area contributed by atoms with Crippen LogP contribution in [0.5, 0.6) is 0 Å². The highest BCUT2D eigenvalue weighted by molar-refractivity contribution is 5.73. The topological polar surface area (TPSA) is 53.3 Å². The van der Waals surface area contributed by atoms with Crippen LogP contribution in [0.1, 0.15) is 25.3 Å². The molecule has 0 spiro atoms. The Labute approximate surface area is 121 Å². The predicted molar refractivity (Wildman–Crippen MR) is 72.6 cm³/mol. The number of esters is 1. The maximum absolute atomic E-state index is 14.0. The minimum Gasteiger partial charge on any atom is -0.466 e. The first-order valence-electron chi connectivity index (χ1n) is 6.87. The Hall–Kier alpha value is -2.16. The van der Waals surface area contributed by atoms with E-state index in [-0.39, 0.29) is 36.3 Å². The van der Waals surface area contributed by atoms with Crippen LogP contribution in [0.4, 0.5) is 14.5 Å². The highest BCUT2D eigenvalue weighted by atomic mass is 19.1. The monoisotopic (exact) mass is 294 g/mol. The molecule has 6 heteroatoms. The van der Waals surface area contributed by atoms with E-state index in [1.807, 2.05) is 0 Å². The molecule has 0 aliphatic carbocycles. The molecule has 2 rings (SSSR count). The van der Waals surface area contributed by atoms with Crippen molar-refractivity contribution >= 4 is 11.7 Å². The van der Waals surface area contributed by atoms with Crippen LogP contribution in [0, 0.1) is 28.9 Å². The zero-order valence-electron chi connectivity index (χ0n) is 11.7. The molecule has 0 saturated carbocycles. The lowest BCUT2D eigenvalue weighted by atomic mass is 9.97. The lowest BCUT2D eigenvalue weighted by molar-refractivity contribution is -0.148. The van der Waals surface area contributed by atoms with Gasteiger partial charge in [0, 0.05) is 13.1 Å². The predicted octanol–water partition coefficient (Wildman–Crippen LogP) is 2.62. The summed E-state index contributed by atoms with van der Waals surface area (Å²) in [6.45, 7) is 2.70. The minimum atomic E-state index is -0.781. The summed E-state index contributed by atoms with van der Waals surface area (Å²) >= 11 is 0. The Kier molecular flexibility index (Phi) is 4.73. The molecule has 1 aliphatic rings. The molecule has 0 aromatic heterocycles. The van der Waals surface area contributed by atoms with Crippen LogP contribution in [0.15, 0.2) is 12.1 Å². The number of rotatable bonds is 3. The van der Waals surface area contributed by atoms with E-state index in [9.17, 15) is 13.6 Å². The SMILES string of the molecule is CCOC(=O)C1CCCN(c2c(F)cc(C#N)cc2F)C1. The standard InChI is InChI=1S/C15H16F2N2O2/c1-2-21-15(20)11-4-3-5-19(9-11)14-12(16)6-10(8-18)7-13(14)17/h6-7,11H,2-5,9H2,1H3. The number of carbonyl (C=O) groups excluding carboxylic acids is 1. The van der Waals surface area contributed by atoms with E-state index in [2.05, 4.69) is 0 Å². The number of nitrogens with zero attached hydrogens (tertiary/aromatic N) is 2. The third kappa shape index (κ3) is 3.30. The summed E-state index contributed by atoms with van der Waals surface area (Å²) in [4.78, 5) is 13.3. The average Bonchev–Trinajstić information content (AvgIpc) is 2.47. The number of anilines is 1. The van der Waals surface area contributed by atoms with Gasteiger partial charge in [0.25, 0.3) is 0 Å². The summed E-state index contributed by atoms with van der Waals surface area (Å²) < 4.78 is 33.0. The van der Waals surface area contributed by atoms with Crippen molar-refractivity contribution in [1.29, 1.82) is 5.26 Å². The van der Waals surface area contributed by atoms with Crippen molar-refractivity contribution in [2.45, 2.75) is 19.8 Å². The Bertz CT molecular complexity index is 561. The molecule has 0 N–H and O–H groups in total. The Morgan fingerprint density at radius 3 is 2.71 bits per heavy atom. The lowest BCUT2D eigenvalue weighted by Gasteiger charge is -2.33. The lowest BCUT2D eigenvalue weighted by Crippen LogP contribution is -2.40. The molecule has 1 atom stereocenters. The molecular formula is C15H16F2N2O2. The number of hydrogen-bond donors (Lipinski definition) is 0. The molecule has 1 aromatic carbocycles. The fourth-order valence-electron chi connectivity index (χ4n) is 2.56. The Morgan fingerprint density at radius 2 is 2.14 bits per heavy atom. The van der Waals surface area contributed by atoms with Crippen LogP contribution >= 0.6 is 0 Å². The second-order valence-corrected chi connectivity index (χ2v) is 4.94. The van der Waals surface area contributed by atoms with Crippen molar-refractivity contribution in [2.75, 3.05) is 24.6 Å². The summed E-state index contributed by atoms with van der Waals surface area (Å²) in [7, 11) is 0. The van der Waals surface area contributed by atoms with Crippen LogP contribution in [0.2, 0.25) is 0 Å². The summed E-state index contributed by atoms with van der Waals surface area (Å²) in [5.74, 6) is -2.28. The number of carbonyl (C=O) groups is 1. The second kappa shape index (κ2) is 6.53. The molecule has 4 nitrogen and oxygen atoms in total. The van der Waals surface area contributed by atoms with Crippen LogP contribution in [0.3, 0.4) is 0 Å². The number of benzene rings is 1. The van der Waals surface area contributed by atoms with E-state index in [1.165, 1.54) is 4.90 Å². The van der Waals surface area contributed by atoms with E-state index in [0.717, 1.165) is 12.1 Å². The van der Waals surface area contributed by atoms with Crippen molar-refractivity contribution in [3.63, 3.8) is 0 Å². The van der Waals surface area contributed by atoms with E-state index in [0.29, 0.717) is 19.4 Å². The van der Waals surface area contributed by atoms with E-state index in [1.54, 1.807) is 13.0 Å². The number of ether oxygens (including phenoxy) is 1. The quantitative estimate of drug-likeness (QED) is 0.804. The van der Waals surface area contributed by atoms with Gasteiger partial charge in [0.2, 0.25) is 0 Å². The molecule has 0 bridgehead atoms. The van der Waals surface area contributed by atoms with Gasteiger partial charge in [-0.1, -0.05) is 0 Å². The fourth-order valence-corrected chi connectivity index (χ4v) is 2.56. The van der Waals surface area contributed by atoms with Crippen molar-refractivity contribution in [1.82, 2.24) is 0 Å². The summed E-state index contributed by atoms with van der Waals surface area (Å²) in [5.41, 5.74) is -0.240. The van der Waals surface area contributed by atoms with Crippen LogP contribution in [0.25, 0.3) is 0 Å². The molecule has 1 aromatic rings. The maximum Gasteiger partial charge on any atom is 0.310 e. The Morgan fingerprint density at radius 1 is 1.48 bits per heavy atom. The van der Waals surface area contributed by atoms with Gasteiger partial charge in [-0.25, -0.2) is 8.78 Å². The highest BCUT2D eigenvalue weighted by Gasteiger charge is 2.29. The first-order valence-corrected chi connectivity index (χ1v) is 6.87. The third-order valence-corrected chi connectivity index (χ3v) is 3.50. The van der Waals surface area contributed by atoms with Gasteiger partial charge in [-0.05, 0) is 31.9 Å². The second-order valence-electron chi connectivity index (χ2n) is 4.94. The zero-order valence-corrected chi connectivity index (χ0v) is 11.7. The van der Waals surface area contributed by atoms with Gasteiger partial charge in [-0.2, -0.15) is 5.26 Å². The number of halogens is 2. The largest absolute Gasteiger partial charge is 0.466 e. The molecule has 21 heavy (non-hydrogen) atoms. The maximum atomic E-state index is 14.0. The molecule has 1 unspecified atom stereocenters. The van der Waals surface area contributed by atoms with Gasteiger partial charge in [-0.3, -0.25) is 4.79 Å². The van der Waals surface area contributed by atoms with Gasteiger partial charge >= 0.3 is 5.97 Å². The average molecular weight is 294 g/mol. The van der Waals surface area contributed by atoms with Gasteiger partial charge in [0.15, 0.2) is 11.6 Å². The van der Waals surface area contributed by atoms with Crippen LogP contribution in [-0.4, -0.2) is 25.7 Å². The fraction of sp³-hybridized carbons (Fsp3) is 0.467. The van der Waals surface area contributed by atoms with Gasteiger partial charge in [0.05, 0.1) is 24.2 Å². The van der Waals surface area contributed by atoms with Crippen LogP contribution < -0.4 is 4.90 Å². The van der Waals surface area contributed by atoms with Gasteiger partial charge in [-0.15, -0.1) is 0 Å². The number of nitriles is 1. The molecule has 112 valence electrons. The van der Waals surface area contributed by atoms with Crippen molar-refractivity contribution in [2.24, 2.45) is 5.92 Å². The number of hydrogen-bond acceptors (Lipinski definition) is 4. The number of piperidine rings is 1. The molecule has 1 saturated heterocycles. The van der Waals surface area contributed by atoms with Crippen LogP contribution in [-0.2, 0) is 9.53 Å². The Balaban J connectivity index is 2.22. The molecule has 1 heterocycles. The zero-order chi connectivity index (χ0) is 15.4. The molecule has 1 fully saturated rings. The van der Waals surface area contributed by atoms with Crippen molar-refractivity contribution in [3.05, 3.63) is 29.3 Å². The summed E-state index contributed by atoms with van der Waals surface area (Å²) in [5, 5.41) is 8.70. The highest BCUT2D eigenvalue weighted by Crippen LogP contribution is 2.29. The molecule has 0 amide bonds. The minimum absolute atomic E-state index is 0.0623. The molecule has 0 radical (unpaired) electrons. The first kappa shape index (κ1) is 15.2. The third-order valence-electron chi connectivity index (χ3n) is 3.50. The van der Waals surface area contributed by atoms with Gasteiger partial charge in [0.1, 0.15) is 5.69 Å². The molecule has 1 aliphatic heterocycles.